The number of nitro groups is 1. The van der Waals surface area contributed by atoms with Gasteiger partial charge in [-0.15, -0.1) is 0 Å². The molecular formula is C16H15N5O3S. The van der Waals surface area contributed by atoms with Crippen LogP contribution in [0.1, 0.15) is 0 Å². The fourth-order valence-electron chi connectivity index (χ4n) is 2.17. The maximum absolute atomic E-state index is 11.8. The first-order valence-electron chi connectivity index (χ1n) is 7.50. The summed E-state index contributed by atoms with van der Waals surface area (Å²) in [7, 11) is 0. The Kier molecular flexibility index (Phi) is 5.05. The Balaban J connectivity index is 1.45. The van der Waals surface area contributed by atoms with Crippen LogP contribution in [0, 0.1) is 10.1 Å². The second-order valence-corrected chi connectivity index (χ2v) is 6.13. The smallest absolute Gasteiger partial charge is 0.319 e. The van der Waals surface area contributed by atoms with Crippen molar-refractivity contribution in [3.05, 3.63) is 58.6 Å². The summed E-state index contributed by atoms with van der Waals surface area (Å²) in [4.78, 5) is 26.5. The highest BCUT2D eigenvalue weighted by atomic mass is 32.1. The van der Waals surface area contributed by atoms with Gasteiger partial charge in [-0.1, -0.05) is 29.5 Å². The van der Waals surface area contributed by atoms with E-state index >= 15 is 0 Å². The zero-order valence-electron chi connectivity index (χ0n) is 13.1. The van der Waals surface area contributed by atoms with Gasteiger partial charge >= 0.3 is 6.03 Å². The normalized spacial score (nSPS) is 10.4. The minimum absolute atomic E-state index is 0.0738. The standard InChI is InChI=1S/C16H15N5O3S/c22-15(19-11-4-3-5-12(10-11)21(23)24)17-8-9-18-16-20-13-6-1-2-7-14(13)25-16/h1-7,10H,8-9H2,(H,18,20)(H2,17,19,22). The summed E-state index contributed by atoms with van der Waals surface area (Å²) >= 11 is 1.55. The lowest BCUT2D eigenvalue weighted by Gasteiger charge is -2.07. The van der Waals surface area contributed by atoms with Gasteiger partial charge < -0.3 is 16.0 Å². The van der Waals surface area contributed by atoms with Gasteiger partial charge in [0.2, 0.25) is 0 Å². The first kappa shape index (κ1) is 16.7. The molecule has 1 heterocycles. The lowest BCUT2D eigenvalue weighted by atomic mass is 10.3. The maximum atomic E-state index is 11.8. The summed E-state index contributed by atoms with van der Waals surface area (Å²) < 4.78 is 1.10. The number of nitro benzene ring substituents is 1. The fourth-order valence-corrected chi connectivity index (χ4v) is 3.06. The number of thiazole rings is 1. The fraction of sp³-hybridized carbons (Fsp3) is 0.125. The molecule has 2 aromatic carbocycles. The number of hydrogen-bond acceptors (Lipinski definition) is 6. The van der Waals surface area contributed by atoms with Crippen molar-refractivity contribution < 1.29 is 9.72 Å². The number of fused-ring (bicyclic) bond motifs is 1. The van der Waals surface area contributed by atoms with E-state index in [1.165, 1.54) is 18.2 Å². The topological polar surface area (TPSA) is 109 Å². The zero-order chi connectivity index (χ0) is 17.6. The second kappa shape index (κ2) is 7.58. The van der Waals surface area contributed by atoms with Gasteiger partial charge in [0.1, 0.15) is 0 Å². The molecule has 25 heavy (non-hydrogen) atoms. The Morgan fingerprint density at radius 2 is 2.00 bits per heavy atom. The molecule has 9 heteroatoms. The Hall–Kier alpha value is -3.20. The number of non-ortho nitro benzene ring substituents is 1. The maximum Gasteiger partial charge on any atom is 0.319 e. The highest BCUT2D eigenvalue weighted by molar-refractivity contribution is 7.22. The lowest BCUT2D eigenvalue weighted by molar-refractivity contribution is -0.384. The minimum Gasteiger partial charge on any atom is -0.360 e. The molecule has 0 atom stereocenters. The molecule has 1 aromatic heterocycles. The van der Waals surface area contributed by atoms with Crippen LogP contribution in [-0.2, 0) is 0 Å². The third-order valence-electron chi connectivity index (χ3n) is 3.30. The van der Waals surface area contributed by atoms with Crippen molar-refractivity contribution in [3.63, 3.8) is 0 Å². The Bertz CT molecular complexity index is 878. The van der Waals surface area contributed by atoms with Crippen LogP contribution in [0.4, 0.5) is 21.3 Å². The number of hydrogen-bond donors (Lipinski definition) is 3. The van der Waals surface area contributed by atoms with Crippen molar-refractivity contribution in [1.82, 2.24) is 10.3 Å². The Labute approximate surface area is 147 Å². The van der Waals surface area contributed by atoms with Crippen LogP contribution in [0.5, 0.6) is 0 Å². The average molecular weight is 357 g/mol. The molecular weight excluding hydrogens is 342 g/mol. The molecule has 0 bridgehead atoms. The van der Waals surface area contributed by atoms with Gasteiger partial charge in [0, 0.05) is 30.9 Å². The molecule has 128 valence electrons. The highest BCUT2D eigenvalue weighted by Gasteiger charge is 2.08. The SMILES string of the molecule is O=C(NCCNc1nc2ccccc2s1)Nc1cccc([N+](=O)[O-])c1. The number of carbonyl (C=O) groups is 1. The lowest BCUT2D eigenvalue weighted by Crippen LogP contribution is -2.32. The molecule has 3 N–H and O–H groups in total. The average Bonchev–Trinajstić information content (AvgIpc) is 3.02. The molecule has 0 saturated carbocycles. The number of nitrogens with zero attached hydrogens (tertiary/aromatic N) is 2. The van der Waals surface area contributed by atoms with E-state index < -0.39 is 11.0 Å². The number of benzene rings is 2. The second-order valence-electron chi connectivity index (χ2n) is 5.10. The van der Waals surface area contributed by atoms with Gasteiger partial charge in [-0.25, -0.2) is 9.78 Å². The van der Waals surface area contributed by atoms with Gasteiger partial charge in [0.15, 0.2) is 5.13 Å². The van der Waals surface area contributed by atoms with Gasteiger partial charge in [-0.05, 0) is 18.2 Å². The van der Waals surface area contributed by atoms with Crippen LogP contribution in [0.15, 0.2) is 48.5 Å². The summed E-state index contributed by atoms with van der Waals surface area (Å²) in [6.45, 7) is 0.902. The van der Waals surface area contributed by atoms with E-state index in [0.29, 0.717) is 18.8 Å². The van der Waals surface area contributed by atoms with Crippen LogP contribution in [0.3, 0.4) is 0 Å². The van der Waals surface area contributed by atoms with Gasteiger partial charge in [-0.2, -0.15) is 0 Å². The molecule has 0 radical (unpaired) electrons. The summed E-state index contributed by atoms with van der Waals surface area (Å²) in [5.41, 5.74) is 1.23. The number of rotatable bonds is 6. The van der Waals surface area contributed by atoms with Gasteiger partial charge in [0.05, 0.1) is 15.1 Å². The quantitative estimate of drug-likeness (QED) is 0.356. The molecule has 3 aromatic rings. The Morgan fingerprint density at radius 1 is 1.16 bits per heavy atom. The highest BCUT2D eigenvalue weighted by Crippen LogP contribution is 2.24. The molecule has 0 aliphatic carbocycles. The van der Waals surface area contributed by atoms with E-state index in [1.807, 2.05) is 24.3 Å². The monoisotopic (exact) mass is 357 g/mol. The van der Waals surface area contributed by atoms with E-state index in [-0.39, 0.29) is 5.69 Å². The van der Waals surface area contributed by atoms with Crippen molar-refractivity contribution in [2.24, 2.45) is 0 Å². The number of aromatic nitrogens is 1. The van der Waals surface area contributed by atoms with E-state index in [0.717, 1.165) is 15.3 Å². The predicted molar refractivity (Wildman–Crippen MR) is 98.2 cm³/mol. The first-order chi connectivity index (χ1) is 12.1. The molecule has 2 amide bonds. The van der Waals surface area contributed by atoms with Gasteiger partial charge in [0.25, 0.3) is 5.69 Å². The van der Waals surface area contributed by atoms with Crippen molar-refractivity contribution in [2.75, 3.05) is 23.7 Å². The van der Waals surface area contributed by atoms with E-state index in [4.69, 9.17) is 0 Å². The summed E-state index contributed by atoms with van der Waals surface area (Å²) in [5.74, 6) is 0. The molecule has 0 spiro atoms. The first-order valence-corrected chi connectivity index (χ1v) is 8.32. The number of anilines is 2. The van der Waals surface area contributed by atoms with E-state index in [9.17, 15) is 14.9 Å². The summed E-state index contributed by atoms with van der Waals surface area (Å²) in [5, 5.41) is 19.9. The van der Waals surface area contributed by atoms with Gasteiger partial charge in [-0.3, -0.25) is 10.1 Å². The van der Waals surface area contributed by atoms with Crippen LogP contribution >= 0.6 is 11.3 Å². The zero-order valence-corrected chi connectivity index (χ0v) is 13.9. The minimum atomic E-state index is -0.509. The van der Waals surface area contributed by atoms with E-state index in [2.05, 4.69) is 20.9 Å². The predicted octanol–water partition coefficient (Wildman–Crippen LogP) is 3.44. The molecule has 0 aliphatic rings. The Morgan fingerprint density at radius 3 is 2.80 bits per heavy atom. The van der Waals surface area contributed by atoms with E-state index in [1.54, 1.807) is 17.4 Å². The molecule has 0 fully saturated rings. The molecule has 0 aliphatic heterocycles. The van der Waals surface area contributed by atoms with Crippen molar-refractivity contribution in [3.8, 4) is 0 Å². The number of para-hydroxylation sites is 1. The molecule has 3 rings (SSSR count). The molecule has 0 saturated heterocycles. The summed E-state index contributed by atoms with van der Waals surface area (Å²) in [6.07, 6.45) is 0. The molecule has 8 nitrogen and oxygen atoms in total. The largest absolute Gasteiger partial charge is 0.360 e. The van der Waals surface area contributed by atoms with Crippen LogP contribution in [0.2, 0.25) is 0 Å². The number of urea groups is 1. The summed E-state index contributed by atoms with van der Waals surface area (Å²) in [6, 6.07) is 13.2. The van der Waals surface area contributed by atoms with Crippen molar-refractivity contribution in [2.45, 2.75) is 0 Å². The number of carbonyl (C=O) groups excluding carboxylic acids is 1. The van der Waals surface area contributed by atoms with Crippen LogP contribution in [0.25, 0.3) is 10.2 Å². The third kappa shape index (κ3) is 4.42. The third-order valence-corrected chi connectivity index (χ3v) is 4.29. The van der Waals surface area contributed by atoms with Crippen LogP contribution < -0.4 is 16.0 Å². The number of amides is 2. The van der Waals surface area contributed by atoms with Crippen molar-refractivity contribution in [1.29, 1.82) is 0 Å². The van der Waals surface area contributed by atoms with Crippen molar-refractivity contribution >= 4 is 44.1 Å². The molecule has 0 unspecified atom stereocenters. The van der Waals surface area contributed by atoms with Crippen LogP contribution in [-0.4, -0.2) is 29.0 Å². The number of nitrogens with one attached hydrogen (secondary N) is 3.